The van der Waals surface area contributed by atoms with Crippen molar-refractivity contribution in [3.8, 4) is 5.75 Å². The Morgan fingerprint density at radius 1 is 1.00 bits per heavy atom. The van der Waals surface area contributed by atoms with E-state index in [1.807, 2.05) is 0 Å². The zero-order valence-corrected chi connectivity index (χ0v) is 11.0. The van der Waals surface area contributed by atoms with Gasteiger partial charge in [-0.25, -0.2) is 4.39 Å². The van der Waals surface area contributed by atoms with Crippen LogP contribution >= 0.6 is 0 Å². The second-order valence-electron chi connectivity index (χ2n) is 4.46. The maximum atomic E-state index is 12.7. The van der Waals surface area contributed by atoms with Gasteiger partial charge in [-0.3, -0.25) is 0 Å². The maximum absolute atomic E-state index is 12.7. The van der Waals surface area contributed by atoms with E-state index in [2.05, 4.69) is 36.5 Å². The predicted octanol–water partition coefficient (Wildman–Crippen LogP) is 3.30. The zero-order valence-electron chi connectivity index (χ0n) is 11.0. The Morgan fingerprint density at radius 2 is 1.68 bits per heavy atom. The van der Waals surface area contributed by atoms with Gasteiger partial charge < -0.3 is 10.1 Å². The van der Waals surface area contributed by atoms with E-state index >= 15 is 0 Å². The number of halogens is 1. The molecule has 0 unspecified atom stereocenters. The molecule has 0 saturated carbocycles. The van der Waals surface area contributed by atoms with Crippen molar-refractivity contribution in [2.24, 2.45) is 0 Å². The molecule has 0 saturated heterocycles. The molecule has 2 aromatic carbocycles. The molecule has 0 aliphatic carbocycles. The molecular weight excluding hydrogens is 241 g/mol. The molecule has 3 heteroatoms. The highest BCUT2D eigenvalue weighted by molar-refractivity contribution is 5.22. The Kier molecular flexibility index (Phi) is 4.93. The number of aryl methyl sites for hydroxylation is 1. The Morgan fingerprint density at radius 3 is 2.37 bits per heavy atom. The van der Waals surface area contributed by atoms with Gasteiger partial charge in [-0.2, -0.15) is 0 Å². The van der Waals surface area contributed by atoms with Crippen LogP contribution in [0.5, 0.6) is 5.75 Å². The topological polar surface area (TPSA) is 21.3 Å². The van der Waals surface area contributed by atoms with E-state index in [-0.39, 0.29) is 5.82 Å². The van der Waals surface area contributed by atoms with Gasteiger partial charge in [-0.05, 0) is 36.8 Å². The molecule has 0 spiro atoms. The van der Waals surface area contributed by atoms with Gasteiger partial charge in [0.2, 0.25) is 0 Å². The van der Waals surface area contributed by atoms with Crippen molar-refractivity contribution in [1.29, 1.82) is 0 Å². The molecule has 19 heavy (non-hydrogen) atoms. The van der Waals surface area contributed by atoms with E-state index in [0.29, 0.717) is 12.4 Å². The highest BCUT2D eigenvalue weighted by Crippen LogP contribution is 2.10. The SMILES string of the molecule is Cc1ccc(CNCCOc2ccc(F)cc2)cc1. The van der Waals surface area contributed by atoms with Gasteiger partial charge in [0.15, 0.2) is 0 Å². The van der Waals surface area contributed by atoms with Gasteiger partial charge in [0.05, 0.1) is 0 Å². The van der Waals surface area contributed by atoms with E-state index in [0.717, 1.165) is 13.1 Å². The first kappa shape index (κ1) is 13.6. The summed E-state index contributed by atoms with van der Waals surface area (Å²) in [6.45, 7) is 4.23. The molecule has 0 aliphatic rings. The molecule has 0 aromatic heterocycles. The molecule has 0 heterocycles. The number of hydrogen-bond donors (Lipinski definition) is 1. The fraction of sp³-hybridized carbons (Fsp3) is 0.250. The normalized spacial score (nSPS) is 10.4. The van der Waals surface area contributed by atoms with Crippen LogP contribution in [0.25, 0.3) is 0 Å². The van der Waals surface area contributed by atoms with Gasteiger partial charge in [-0.15, -0.1) is 0 Å². The van der Waals surface area contributed by atoms with Crippen LogP contribution in [0, 0.1) is 12.7 Å². The quantitative estimate of drug-likeness (QED) is 0.804. The third kappa shape index (κ3) is 4.72. The fourth-order valence-electron chi connectivity index (χ4n) is 1.71. The van der Waals surface area contributed by atoms with Gasteiger partial charge in [0.1, 0.15) is 18.2 Å². The average molecular weight is 259 g/mol. The molecular formula is C16H18FNO. The van der Waals surface area contributed by atoms with Gasteiger partial charge in [0.25, 0.3) is 0 Å². The van der Waals surface area contributed by atoms with Gasteiger partial charge in [-0.1, -0.05) is 29.8 Å². The minimum absolute atomic E-state index is 0.246. The van der Waals surface area contributed by atoms with E-state index in [9.17, 15) is 4.39 Å². The minimum Gasteiger partial charge on any atom is -0.492 e. The van der Waals surface area contributed by atoms with Crippen LogP contribution in [0.4, 0.5) is 4.39 Å². The van der Waals surface area contributed by atoms with Gasteiger partial charge >= 0.3 is 0 Å². The Hall–Kier alpha value is -1.87. The van der Waals surface area contributed by atoms with Crippen LogP contribution < -0.4 is 10.1 Å². The zero-order chi connectivity index (χ0) is 13.5. The fourth-order valence-corrected chi connectivity index (χ4v) is 1.71. The third-order valence-electron chi connectivity index (χ3n) is 2.81. The maximum Gasteiger partial charge on any atom is 0.123 e. The second kappa shape index (κ2) is 6.90. The Bertz CT molecular complexity index is 446. The lowest BCUT2D eigenvalue weighted by Gasteiger charge is -2.07. The van der Waals surface area contributed by atoms with Crippen molar-refractivity contribution < 1.29 is 9.13 Å². The summed E-state index contributed by atoms with van der Waals surface area (Å²) in [6.07, 6.45) is 0. The number of nitrogens with one attached hydrogen (secondary N) is 1. The number of benzene rings is 2. The lowest BCUT2D eigenvalue weighted by Crippen LogP contribution is -2.20. The van der Waals surface area contributed by atoms with Crippen molar-refractivity contribution in [2.45, 2.75) is 13.5 Å². The average Bonchev–Trinajstić information content (AvgIpc) is 2.43. The molecule has 1 N–H and O–H groups in total. The monoisotopic (exact) mass is 259 g/mol. The van der Waals surface area contributed by atoms with Crippen molar-refractivity contribution in [3.63, 3.8) is 0 Å². The molecule has 0 radical (unpaired) electrons. The van der Waals surface area contributed by atoms with Crippen molar-refractivity contribution >= 4 is 0 Å². The van der Waals surface area contributed by atoms with E-state index < -0.39 is 0 Å². The van der Waals surface area contributed by atoms with Crippen LogP contribution in [0.1, 0.15) is 11.1 Å². The molecule has 0 fully saturated rings. The lowest BCUT2D eigenvalue weighted by atomic mass is 10.1. The molecule has 0 atom stereocenters. The van der Waals surface area contributed by atoms with Crippen molar-refractivity contribution in [1.82, 2.24) is 5.32 Å². The first-order chi connectivity index (χ1) is 9.24. The van der Waals surface area contributed by atoms with Crippen LogP contribution in [0.2, 0.25) is 0 Å². The molecule has 0 aliphatic heterocycles. The van der Waals surface area contributed by atoms with Crippen LogP contribution in [0.15, 0.2) is 48.5 Å². The van der Waals surface area contributed by atoms with Gasteiger partial charge in [0, 0.05) is 13.1 Å². The third-order valence-corrected chi connectivity index (χ3v) is 2.81. The first-order valence-electron chi connectivity index (χ1n) is 6.39. The number of rotatable bonds is 6. The predicted molar refractivity (Wildman–Crippen MR) is 74.8 cm³/mol. The summed E-state index contributed by atoms with van der Waals surface area (Å²) in [5.41, 5.74) is 2.52. The minimum atomic E-state index is -0.246. The summed E-state index contributed by atoms with van der Waals surface area (Å²) < 4.78 is 18.2. The summed E-state index contributed by atoms with van der Waals surface area (Å²) in [4.78, 5) is 0. The summed E-state index contributed by atoms with van der Waals surface area (Å²) >= 11 is 0. The lowest BCUT2D eigenvalue weighted by molar-refractivity contribution is 0.313. The summed E-state index contributed by atoms with van der Waals surface area (Å²) in [7, 11) is 0. The van der Waals surface area contributed by atoms with Crippen molar-refractivity contribution in [2.75, 3.05) is 13.2 Å². The standard InChI is InChI=1S/C16H18FNO/c1-13-2-4-14(5-3-13)12-18-10-11-19-16-8-6-15(17)7-9-16/h2-9,18H,10-12H2,1H3. The second-order valence-corrected chi connectivity index (χ2v) is 4.46. The summed E-state index contributed by atoms with van der Waals surface area (Å²) in [5.74, 6) is 0.448. The van der Waals surface area contributed by atoms with Crippen LogP contribution in [-0.4, -0.2) is 13.2 Å². The molecule has 100 valence electrons. The first-order valence-corrected chi connectivity index (χ1v) is 6.39. The molecule has 2 nitrogen and oxygen atoms in total. The van der Waals surface area contributed by atoms with Crippen LogP contribution in [0.3, 0.4) is 0 Å². The summed E-state index contributed by atoms with van der Waals surface area (Å²) in [6, 6.07) is 14.5. The van der Waals surface area contributed by atoms with E-state index in [1.165, 1.54) is 23.3 Å². The number of hydrogen-bond acceptors (Lipinski definition) is 2. The smallest absolute Gasteiger partial charge is 0.123 e. The van der Waals surface area contributed by atoms with Crippen LogP contribution in [-0.2, 0) is 6.54 Å². The number of ether oxygens (including phenoxy) is 1. The Labute approximate surface area is 113 Å². The van der Waals surface area contributed by atoms with E-state index in [4.69, 9.17) is 4.74 Å². The highest BCUT2D eigenvalue weighted by atomic mass is 19.1. The van der Waals surface area contributed by atoms with Crippen molar-refractivity contribution in [3.05, 3.63) is 65.5 Å². The molecule has 2 rings (SSSR count). The largest absolute Gasteiger partial charge is 0.492 e. The molecule has 2 aromatic rings. The highest BCUT2D eigenvalue weighted by Gasteiger charge is 1.95. The molecule has 0 bridgehead atoms. The Balaban J connectivity index is 1.64. The van der Waals surface area contributed by atoms with E-state index in [1.54, 1.807) is 12.1 Å². The summed E-state index contributed by atoms with van der Waals surface area (Å²) in [5, 5.41) is 3.30. The molecule has 0 amide bonds.